The van der Waals surface area contributed by atoms with E-state index in [2.05, 4.69) is 15.2 Å². The zero-order valence-corrected chi connectivity index (χ0v) is 19.1. The minimum atomic E-state index is -3.74. The van der Waals surface area contributed by atoms with E-state index in [1.165, 1.54) is 36.4 Å². The molecule has 0 aliphatic rings. The summed E-state index contributed by atoms with van der Waals surface area (Å²) in [6, 6.07) is 19.4. The van der Waals surface area contributed by atoms with Crippen LogP contribution in [0.1, 0.15) is 29.7 Å². The van der Waals surface area contributed by atoms with Crippen molar-refractivity contribution in [1.82, 2.24) is 10.5 Å². The standard InChI is InChI=1S/C25H23FN4O3S/c26-20-9-12-23-24(29-33-25(23)15-20)6-1-2-13-28-17-19-4-3-5-21(14-19)30-34(31,32)22-10-7-18(16-27)8-11-22/h3-5,7-12,14-15,28,30H,1-2,6,13,17H2. The predicted octanol–water partition coefficient (Wildman–Crippen LogP) is 4.75. The molecule has 4 aromatic rings. The molecule has 7 nitrogen and oxygen atoms in total. The Morgan fingerprint density at radius 1 is 1.03 bits per heavy atom. The van der Waals surface area contributed by atoms with E-state index in [1.807, 2.05) is 12.1 Å². The van der Waals surface area contributed by atoms with E-state index in [0.29, 0.717) is 23.4 Å². The molecule has 0 aliphatic carbocycles. The number of nitriles is 1. The third-order valence-corrected chi connectivity index (χ3v) is 6.73. The summed E-state index contributed by atoms with van der Waals surface area (Å²) in [5, 5.41) is 17.1. The average molecular weight is 479 g/mol. The van der Waals surface area contributed by atoms with Gasteiger partial charge < -0.3 is 9.84 Å². The van der Waals surface area contributed by atoms with Crippen LogP contribution in [0, 0.1) is 17.1 Å². The number of aromatic nitrogens is 1. The molecule has 0 unspecified atom stereocenters. The number of hydrogen-bond acceptors (Lipinski definition) is 6. The predicted molar refractivity (Wildman–Crippen MR) is 127 cm³/mol. The number of rotatable bonds is 10. The summed E-state index contributed by atoms with van der Waals surface area (Å²) in [6.45, 7) is 1.38. The Morgan fingerprint density at radius 3 is 2.65 bits per heavy atom. The van der Waals surface area contributed by atoms with E-state index in [-0.39, 0.29) is 10.7 Å². The van der Waals surface area contributed by atoms with Gasteiger partial charge in [0.2, 0.25) is 0 Å². The fraction of sp³-hybridized carbons (Fsp3) is 0.200. The van der Waals surface area contributed by atoms with Gasteiger partial charge in [-0.2, -0.15) is 5.26 Å². The van der Waals surface area contributed by atoms with Crippen molar-refractivity contribution in [3.05, 3.63) is 89.4 Å². The molecule has 0 bridgehead atoms. The number of fused-ring (bicyclic) bond motifs is 1. The molecule has 0 radical (unpaired) electrons. The van der Waals surface area contributed by atoms with E-state index in [0.717, 1.165) is 42.5 Å². The molecule has 4 rings (SSSR count). The number of unbranched alkanes of at least 4 members (excludes halogenated alkanes) is 1. The zero-order valence-electron chi connectivity index (χ0n) is 18.3. The lowest BCUT2D eigenvalue weighted by molar-refractivity contribution is 0.442. The highest BCUT2D eigenvalue weighted by Crippen LogP contribution is 2.21. The summed E-state index contributed by atoms with van der Waals surface area (Å²) in [5.41, 5.74) is 3.11. The summed E-state index contributed by atoms with van der Waals surface area (Å²) < 4.78 is 46.2. The van der Waals surface area contributed by atoms with Crippen molar-refractivity contribution in [2.45, 2.75) is 30.7 Å². The molecule has 0 saturated carbocycles. The smallest absolute Gasteiger partial charge is 0.261 e. The molecular weight excluding hydrogens is 455 g/mol. The number of halogens is 1. The quantitative estimate of drug-likeness (QED) is 0.319. The maximum atomic E-state index is 13.2. The van der Waals surface area contributed by atoms with Gasteiger partial charge in [-0.15, -0.1) is 0 Å². The van der Waals surface area contributed by atoms with Gasteiger partial charge in [-0.3, -0.25) is 4.72 Å². The van der Waals surface area contributed by atoms with E-state index in [1.54, 1.807) is 24.3 Å². The fourth-order valence-electron chi connectivity index (χ4n) is 3.59. The molecule has 1 aromatic heterocycles. The van der Waals surface area contributed by atoms with Crippen molar-refractivity contribution in [3.63, 3.8) is 0 Å². The zero-order chi connectivity index (χ0) is 24.0. The number of nitrogens with zero attached hydrogens (tertiary/aromatic N) is 2. The van der Waals surface area contributed by atoms with Crippen LogP contribution < -0.4 is 10.0 Å². The molecule has 3 aromatic carbocycles. The van der Waals surface area contributed by atoms with E-state index < -0.39 is 10.0 Å². The molecule has 2 N–H and O–H groups in total. The minimum absolute atomic E-state index is 0.0973. The first kappa shape index (κ1) is 23.4. The highest BCUT2D eigenvalue weighted by Gasteiger charge is 2.14. The maximum absolute atomic E-state index is 13.2. The third kappa shape index (κ3) is 5.78. The van der Waals surface area contributed by atoms with Gasteiger partial charge >= 0.3 is 0 Å². The van der Waals surface area contributed by atoms with Gasteiger partial charge in [0, 0.05) is 23.7 Å². The molecule has 9 heteroatoms. The van der Waals surface area contributed by atoms with Gasteiger partial charge in [0.1, 0.15) is 5.82 Å². The number of nitrogens with one attached hydrogen (secondary N) is 2. The number of benzene rings is 3. The van der Waals surface area contributed by atoms with Crippen LogP contribution in [0.4, 0.5) is 10.1 Å². The van der Waals surface area contributed by atoms with Crippen LogP contribution in [0.3, 0.4) is 0 Å². The summed E-state index contributed by atoms with van der Waals surface area (Å²) >= 11 is 0. The minimum Gasteiger partial charge on any atom is -0.356 e. The second-order valence-electron chi connectivity index (χ2n) is 7.85. The van der Waals surface area contributed by atoms with Crippen LogP contribution in [0.5, 0.6) is 0 Å². The molecule has 0 saturated heterocycles. The number of sulfonamides is 1. The van der Waals surface area contributed by atoms with Gasteiger partial charge in [0.15, 0.2) is 5.58 Å². The van der Waals surface area contributed by atoms with Gasteiger partial charge in [-0.05, 0) is 79.9 Å². The largest absolute Gasteiger partial charge is 0.356 e. The van der Waals surface area contributed by atoms with Crippen LogP contribution in [-0.2, 0) is 23.0 Å². The van der Waals surface area contributed by atoms with Crippen LogP contribution in [0.25, 0.3) is 11.0 Å². The average Bonchev–Trinajstić information content (AvgIpc) is 3.23. The Kier molecular flexibility index (Phi) is 7.21. The van der Waals surface area contributed by atoms with Gasteiger partial charge in [0.25, 0.3) is 10.0 Å². The lowest BCUT2D eigenvalue weighted by Gasteiger charge is -2.10. The monoisotopic (exact) mass is 478 g/mol. The molecule has 34 heavy (non-hydrogen) atoms. The van der Waals surface area contributed by atoms with Crippen LogP contribution in [-0.4, -0.2) is 20.1 Å². The molecule has 0 spiro atoms. The van der Waals surface area contributed by atoms with Crippen molar-refractivity contribution < 1.29 is 17.3 Å². The molecule has 0 amide bonds. The number of aryl methyl sites for hydroxylation is 1. The highest BCUT2D eigenvalue weighted by atomic mass is 32.2. The van der Waals surface area contributed by atoms with Crippen molar-refractivity contribution in [2.75, 3.05) is 11.3 Å². The Hall–Kier alpha value is -3.74. The van der Waals surface area contributed by atoms with Crippen molar-refractivity contribution >= 4 is 26.7 Å². The van der Waals surface area contributed by atoms with Crippen LogP contribution >= 0.6 is 0 Å². The molecule has 0 fully saturated rings. The van der Waals surface area contributed by atoms with E-state index in [9.17, 15) is 12.8 Å². The molecule has 1 heterocycles. The lowest BCUT2D eigenvalue weighted by Crippen LogP contribution is -2.16. The Morgan fingerprint density at radius 2 is 1.85 bits per heavy atom. The van der Waals surface area contributed by atoms with Crippen LogP contribution in [0.2, 0.25) is 0 Å². The molecule has 174 valence electrons. The van der Waals surface area contributed by atoms with Crippen molar-refractivity contribution in [3.8, 4) is 6.07 Å². The SMILES string of the molecule is N#Cc1ccc(S(=O)(=O)Nc2cccc(CNCCCCc3noc4cc(F)ccc34)c2)cc1. The summed E-state index contributed by atoms with van der Waals surface area (Å²) in [4.78, 5) is 0.0973. The fourth-order valence-corrected chi connectivity index (χ4v) is 4.64. The second kappa shape index (κ2) is 10.5. The first-order chi connectivity index (χ1) is 16.4. The first-order valence-corrected chi connectivity index (χ1v) is 12.3. The van der Waals surface area contributed by atoms with E-state index in [4.69, 9.17) is 9.78 Å². The molecule has 0 atom stereocenters. The second-order valence-corrected chi connectivity index (χ2v) is 9.53. The van der Waals surface area contributed by atoms with E-state index >= 15 is 0 Å². The highest BCUT2D eigenvalue weighted by molar-refractivity contribution is 7.92. The Labute approximate surface area is 197 Å². The summed E-state index contributed by atoms with van der Waals surface area (Å²) in [7, 11) is -3.74. The third-order valence-electron chi connectivity index (χ3n) is 5.33. The van der Waals surface area contributed by atoms with Crippen LogP contribution in [0.15, 0.2) is 76.1 Å². The van der Waals surface area contributed by atoms with Gasteiger partial charge in [0.05, 0.1) is 22.2 Å². The maximum Gasteiger partial charge on any atom is 0.261 e. The Bertz CT molecular complexity index is 1430. The lowest BCUT2D eigenvalue weighted by atomic mass is 10.1. The van der Waals surface area contributed by atoms with Crippen molar-refractivity contribution in [1.29, 1.82) is 5.26 Å². The number of hydrogen-bond donors (Lipinski definition) is 2. The first-order valence-electron chi connectivity index (χ1n) is 10.8. The van der Waals surface area contributed by atoms with Gasteiger partial charge in [-0.1, -0.05) is 17.3 Å². The number of anilines is 1. The Balaban J connectivity index is 1.24. The molecule has 0 aliphatic heterocycles. The topological polar surface area (TPSA) is 108 Å². The summed E-state index contributed by atoms with van der Waals surface area (Å²) in [6.07, 6.45) is 2.56. The summed E-state index contributed by atoms with van der Waals surface area (Å²) in [5.74, 6) is -0.342. The molecular formula is C25H23FN4O3S. The normalized spacial score (nSPS) is 11.4. The van der Waals surface area contributed by atoms with Crippen molar-refractivity contribution in [2.24, 2.45) is 0 Å². The van der Waals surface area contributed by atoms with Gasteiger partial charge in [-0.25, -0.2) is 12.8 Å².